The van der Waals surface area contributed by atoms with E-state index >= 15 is 0 Å². The molecule has 5 rings (SSSR count). The van der Waals surface area contributed by atoms with Crippen molar-refractivity contribution in [3.63, 3.8) is 0 Å². The van der Waals surface area contributed by atoms with E-state index in [9.17, 15) is 28.7 Å². The van der Waals surface area contributed by atoms with Crippen molar-refractivity contribution in [1.82, 2.24) is 4.90 Å². The molecule has 6 nitrogen and oxygen atoms in total. The number of allylic oxidation sites excluding steroid dienone is 6. The van der Waals surface area contributed by atoms with Crippen LogP contribution in [0, 0.1) is 23.6 Å². The first-order valence-corrected chi connectivity index (χ1v) is 10.2. The van der Waals surface area contributed by atoms with Crippen LogP contribution in [0.1, 0.15) is 31.2 Å². The molecule has 2 amide bonds. The van der Waals surface area contributed by atoms with Gasteiger partial charge in [-0.15, -0.1) is 0 Å². The predicted octanol–water partition coefficient (Wildman–Crippen LogP) is 2.59. The van der Waals surface area contributed by atoms with Gasteiger partial charge in [0.25, 0.3) is 0 Å². The Balaban J connectivity index is 1.75. The van der Waals surface area contributed by atoms with Gasteiger partial charge in [0, 0.05) is 35.2 Å². The van der Waals surface area contributed by atoms with E-state index in [2.05, 4.69) is 0 Å². The lowest BCUT2D eigenvalue weighted by Gasteiger charge is -2.42. The third-order valence-corrected chi connectivity index (χ3v) is 7.11. The number of rotatable bonds is 1. The Bertz CT molecular complexity index is 1190. The van der Waals surface area contributed by atoms with E-state index in [1.54, 1.807) is 6.92 Å². The second-order valence-corrected chi connectivity index (χ2v) is 8.64. The van der Waals surface area contributed by atoms with Gasteiger partial charge in [-0.1, -0.05) is 23.8 Å². The highest BCUT2D eigenvalue weighted by Crippen LogP contribution is 2.55. The zero-order chi connectivity index (χ0) is 22.2. The Labute approximate surface area is 177 Å². The highest BCUT2D eigenvalue weighted by atomic mass is 19.1. The number of hydrogen-bond donors (Lipinski definition) is 1. The lowest BCUT2D eigenvalue weighted by Crippen LogP contribution is -2.39. The van der Waals surface area contributed by atoms with Crippen molar-refractivity contribution >= 4 is 23.4 Å². The average Bonchev–Trinajstić information content (AvgIpc) is 2.97. The number of carbonyl (C=O) groups is 4. The van der Waals surface area contributed by atoms with Crippen LogP contribution in [-0.4, -0.2) is 40.4 Å². The van der Waals surface area contributed by atoms with Crippen molar-refractivity contribution < 1.29 is 28.7 Å². The molecule has 1 aromatic carbocycles. The molecular weight excluding hydrogens is 401 g/mol. The van der Waals surface area contributed by atoms with Crippen LogP contribution in [0.4, 0.5) is 4.39 Å². The normalized spacial score (nSPS) is 30.1. The van der Waals surface area contributed by atoms with Crippen molar-refractivity contribution in [2.24, 2.45) is 17.8 Å². The smallest absolute Gasteiger partial charge is 0.233 e. The number of phenols is 1. The number of Topliss-reactive ketones (excluding diaryl/α,β-unsaturated/α-hetero) is 1. The summed E-state index contributed by atoms with van der Waals surface area (Å²) in [5.41, 5.74) is 1.68. The Kier molecular flexibility index (Phi) is 4.16. The number of fused-ring (bicyclic) bond motifs is 3. The summed E-state index contributed by atoms with van der Waals surface area (Å²) in [5.74, 6) is -5.09. The number of benzene rings is 1. The summed E-state index contributed by atoms with van der Waals surface area (Å²) >= 11 is 0. The predicted molar refractivity (Wildman–Crippen MR) is 107 cm³/mol. The fraction of sp³-hybridized carbons (Fsp3) is 0.333. The van der Waals surface area contributed by atoms with Crippen LogP contribution in [0.5, 0.6) is 5.75 Å². The van der Waals surface area contributed by atoms with Crippen LogP contribution in [-0.2, 0) is 19.2 Å². The first-order valence-electron chi connectivity index (χ1n) is 10.2. The molecule has 0 unspecified atom stereocenters. The number of ketones is 2. The van der Waals surface area contributed by atoms with E-state index in [0.29, 0.717) is 17.6 Å². The molecule has 1 N–H and O–H groups in total. The summed E-state index contributed by atoms with van der Waals surface area (Å²) < 4.78 is 14.2. The monoisotopic (exact) mass is 421 g/mol. The average molecular weight is 421 g/mol. The Hall–Kier alpha value is -3.35. The van der Waals surface area contributed by atoms with Crippen LogP contribution < -0.4 is 0 Å². The second kappa shape index (κ2) is 6.57. The molecule has 0 saturated carbocycles. The molecular formula is C24H20FNO5. The minimum Gasteiger partial charge on any atom is -0.505 e. The fourth-order valence-corrected chi connectivity index (χ4v) is 5.66. The first-order chi connectivity index (χ1) is 14.7. The minimum absolute atomic E-state index is 0.164. The van der Waals surface area contributed by atoms with E-state index in [4.69, 9.17) is 0 Å². The van der Waals surface area contributed by atoms with Gasteiger partial charge in [-0.05, 0) is 37.8 Å². The lowest BCUT2D eigenvalue weighted by atomic mass is 9.59. The molecule has 1 saturated heterocycles. The lowest BCUT2D eigenvalue weighted by molar-refractivity contribution is -0.138. The van der Waals surface area contributed by atoms with Crippen LogP contribution in [0.15, 0.2) is 52.6 Å². The summed E-state index contributed by atoms with van der Waals surface area (Å²) in [6.07, 6.45) is 3.59. The van der Waals surface area contributed by atoms with Gasteiger partial charge in [-0.3, -0.25) is 24.1 Å². The molecule has 1 aromatic rings. The van der Waals surface area contributed by atoms with Gasteiger partial charge in [-0.2, -0.15) is 0 Å². The SMILES string of the molecule is CC1=CC(=O)C2=C(C[C@@H]3C(=CC[C@@H]4C(=O)N(C)C(=O)[C@@H]43)[C@@H]2c2cccc(F)c2O)C1=O. The van der Waals surface area contributed by atoms with E-state index < -0.39 is 35.2 Å². The van der Waals surface area contributed by atoms with Gasteiger partial charge >= 0.3 is 0 Å². The van der Waals surface area contributed by atoms with Crippen LogP contribution in [0.2, 0.25) is 0 Å². The number of imide groups is 1. The van der Waals surface area contributed by atoms with Crippen molar-refractivity contribution in [2.75, 3.05) is 7.05 Å². The highest BCUT2D eigenvalue weighted by molar-refractivity contribution is 6.23. The van der Waals surface area contributed by atoms with Crippen molar-refractivity contribution in [1.29, 1.82) is 0 Å². The molecule has 3 aliphatic carbocycles. The maximum atomic E-state index is 14.2. The molecule has 31 heavy (non-hydrogen) atoms. The highest BCUT2D eigenvalue weighted by Gasteiger charge is 2.55. The molecule has 1 heterocycles. The fourth-order valence-electron chi connectivity index (χ4n) is 5.66. The number of nitrogens with zero attached hydrogens (tertiary/aromatic N) is 1. The molecule has 1 fully saturated rings. The van der Waals surface area contributed by atoms with Crippen molar-refractivity contribution in [3.8, 4) is 5.75 Å². The summed E-state index contributed by atoms with van der Waals surface area (Å²) in [7, 11) is 1.45. The van der Waals surface area contributed by atoms with Crippen LogP contribution >= 0.6 is 0 Å². The number of likely N-dealkylation sites (tertiary alicyclic amines) is 1. The second-order valence-electron chi connectivity index (χ2n) is 8.64. The molecule has 4 aliphatic rings. The zero-order valence-corrected chi connectivity index (χ0v) is 17.0. The molecule has 0 spiro atoms. The van der Waals surface area contributed by atoms with Gasteiger partial charge in [0.15, 0.2) is 23.1 Å². The Morgan fingerprint density at radius 2 is 1.84 bits per heavy atom. The third kappa shape index (κ3) is 2.55. The Morgan fingerprint density at radius 3 is 2.58 bits per heavy atom. The van der Waals surface area contributed by atoms with Gasteiger partial charge in [-0.25, -0.2) is 4.39 Å². The van der Waals surface area contributed by atoms with Crippen molar-refractivity contribution in [2.45, 2.75) is 25.7 Å². The maximum Gasteiger partial charge on any atom is 0.233 e. The standard InChI is InChI=1S/C24H20FNO5/c1-10-8-17(27)20-15(21(10)28)9-14-11(18(20)12-4-3-5-16(25)22(12)29)6-7-13-19(14)24(31)26(2)23(13)30/h3-6,8,13-14,18-19,29H,7,9H2,1-2H3/t13-,14+,18+,19-/m0/s1. The zero-order valence-electron chi connectivity index (χ0n) is 17.0. The topological polar surface area (TPSA) is 91.8 Å². The molecule has 1 aliphatic heterocycles. The van der Waals surface area contributed by atoms with Gasteiger partial charge < -0.3 is 5.11 Å². The van der Waals surface area contributed by atoms with Crippen LogP contribution in [0.25, 0.3) is 0 Å². The van der Waals surface area contributed by atoms with E-state index in [-0.39, 0.29) is 46.5 Å². The summed E-state index contributed by atoms with van der Waals surface area (Å²) in [6.45, 7) is 1.56. The number of phenolic OH excluding ortho intramolecular Hbond substituents is 1. The number of carbonyl (C=O) groups excluding carboxylic acids is 4. The quantitative estimate of drug-likeness (QED) is 0.428. The first kappa shape index (κ1) is 19.6. The van der Waals surface area contributed by atoms with Gasteiger partial charge in [0.1, 0.15) is 0 Å². The Morgan fingerprint density at radius 1 is 1.10 bits per heavy atom. The van der Waals surface area contributed by atoms with E-state index in [1.807, 2.05) is 6.08 Å². The van der Waals surface area contributed by atoms with Gasteiger partial charge in [0.05, 0.1) is 11.8 Å². The molecule has 7 heteroatoms. The molecule has 4 atom stereocenters. The summed E-state index contributed by atoms with van der Waals surface area (Å²) in [4.78, 5) is 52.7. The molecule has 158 valence electrons. The minimum atomic E-state index is -0.847. The summed E-state index contributed by atoms with van der Waals surface area (Å²) in [5, 5.41) is 10.5. The van der Waals surface area contributed by atoms with E-state index in [1.165, 1.54) is 25.3 Å². The van der Waals surface area contributed by atoms with Crippen LogP contribution in [0.3, 0.4) is 0 Å². The maximum absolute atomic E-state index is 14.2. The summed E-state index contributed by atoms with van der Waals surface area (Å²) in [6, 6.07) is 4.08. The number of halogens is 1. The van der Waals surface area contributed by atoms with E-state index in [0.717, 1.165) is 11.0 Å². The third-order valence-electron chi connectivity index (χ3n) is 7.11. The number of amides is 2. The number of hydrogen-bond acceptors (Lipinski definition) is 5. The molecule has 0 radical (unpaired) electrons. The van der Waals surface area contributed by atoms with Gasteiger partial charge in [0.2, 0.25) is 11.8 Å². The number of aromatic hydroxyl groups is 1. The molecule has 0 bridgehead atoms. The van der Waals surface area contributed by atoms with Crippen molar-refractivity contribution in [3.05, 3.63) is 64.0 Å². The molecule has 0 aromatic heterocycles. The number of para-hydroxylation sites is 1. The largest absolute Gasteiger partial charge is 0.505 e.